The molecule has 0 saturated carbocycles. The van der Waals surface area contributed by atoms with E-state index in [1.165, 1.54) is 13.4 Å². The van der Waals surface area contributed by atoms with E-state index in [4.69, 9.17) is 9.47 Å². The predicted octanol–water partition coefficient (Wildman–Crippen LogP) is 2.84. The molecule has 0 radical (unpaired) electrons. The number of methoxy groups -OCH3 is 1. The van der Waals surface area contributed by atoms with Crippen LogP contribution in [0.25, 0.3) is 11.4 Å². The highest BCUT2D eigenvalue weighted by atomic mass is 16.5. The number of ether oxygens (including phenoxy) is 2. The second-order valence-corrected chi connectivity index (χ2v) is 4.77. The number of hydrogen-bond donors (Lipinski definition) is 1. The number of benzene rings is 2. The lowest BCUT2D eigenvalue weighted by Crippen LogP contribution is -2.08. The number of nitrogens with one attached hydrogen (secondary N) is 1. The van der Waals surface area contributed by atoms with Crippen LogP contribution in [0, 0.1) is 0 Å². The molecule has 0 aliphatic rings. The van der Waals surface area contributed by atoms with Crippen molar-refractivity contribution in [3.05, 3.63) is 66.0 Å². The van der Waals surface area contributed by atoms with E-state index < -0.39 is 0 Å². The largest absolute Gasteiger partial charge is 0.488 e. The van der Waals surface area contributed by atoms with E-state index in [1.807, 2.05) is 36.4 Å². The highest BCUT2D eigenvalue weighted by Crippen LogP contribution is 2.27. The van der Waals surface area contributed by atoms with Crippen molar-refractivity contribution in [2.75, 3.05) is 7.11 Å². The van der Waals surface area contributed by atoms with Gasteiger partial charge in [-0.25, -0.2) is 9.78 Å². The highest BCUT2D eigenvalue weighted by molar-refractivity contribution is 5.90. The lowest BCUT2D eigenvalue weighted by Gasteiger charge is -2.12. The molecule has 0 bridgehead atoms. The third-order valence-corrected chi connectivity index (χ3v) is 3.36. The van der Waals surface area contributed by atoms with E-state index in [0.717, 1.165) is 11.1 Å². The van der Waals surface area contributed by atoms with Crippen LogP contribution in [0.5, 0.6) is 5.75 Å². The second kappa shape index (κ2) is 6.74. The molecule has 6 heteroatoms. The van der Waals surface area contributed by atoms with E-state index in [0.29, 0.717) is 17.1 Å². The Bertz CT molecular complexity index is 800. The number of rotatable bonds is 5. The Hall–Kier alpha value is -3.15. The van der Waals surface area contributed by atoms with Crippen LogP contribution in [0.3, 0.4) is 0 Å². The summed E-state index contributed by atoms with van der Waals surface area (Å²) in [6, 6.07) is 14.7. The predicted molar refractivity (Wildman–Crippen MR) is 83.9 cm³/mol. The van der Waals surface area contributed by atoms with Crippen molar-refractivity contribution in [2.24, 2.45) is 0 Å². The van der Waals surface area contributed by atoms with E-state index in [-0.39, 0.29) is 12.6 Å². The summed E-state index contributed by atoms with van der Waals surface area (Å²) in [7, 11) is 1.36. The average molecular weight is 309 g/mol. The van der Waals surface area contributed by atoms with Crippen LogP contribution in [-0.4, -0.2) is 28.3 Å². The first-order valence-corrected chi connectivity index (χ1v) is 7.03. The number of H-pyrrole nitrogens is 1. The van der Waals surface area contributed by atoms with Crippen LogP contribution in [0.4, 0.5) is 0 Å². The smallest absolute Gasteiger partial charge is 0.338 e. The summed E-state index contributed by atoms with van der Waals surface area (Å²) in [5, 5.41) is 6.67. The van der Waals surface area contributed by atoms with Gasteiger partial charge in [-0.3, -0.25) is 5.10 Å². The number of aromatic nitrogens is 3. The third kappa shape index (κ3) is 3.21. The molecule has 3 aromatic rings. The van der Waals surface area contributed by atoms with Crippen molar-refractivity contribution < 1.29 is 14.3 Å². The van der Waals surface area contributed by atoms with Crippen molar-refractivity contribution in [2.45, 2.75) is 6.61 Å². The Balaban J connectivity index is 1.84. The molecular formula is C17H15N3O3. The Morgan fingerprint density at radius 2 is 1.91 bits per heavy atom. The highest BCUT2D eigenvalue weighted by Gasteiger charge is 2.13. The van der Waals surface area contributed by atoms with Gasteiger partial charge in [-0.05, 0) is 18.2 Å². The molecule has 6 nitrogen and oxygen atoms in total. The minimum Gasteiger partial charge on any atom is -0.488 e. The number of carbonyl (C=O) groups excluding carboxylic acids is 1. The molecule has 0 unspecified atom stereocenters. The Kier molecular flexibility index (Phi) is 4.33. The van der Waals surface area contributed by atoms with Gasteiger partial charge in [0.15, 0.2) is 5.82 Å². The molecular weight excluding hydrogens is 294 g/mol. The summed E-state index contributed by atoms with van der Waals surface area (Å²) >= 11 is 0. The van der Waals surface area contributed by atoms with E-state index in [2.05, 4.69) is 15.2 Å². The molecule has 0 atom stereocenters. The van der Waals surface area contributed by atoms with Gasteiger partial charge < -0.3 is 9.47 Å². The number of para-hydroxylation sites is 1. The quantitative estimate of drug-likeness (QED) is 0.733. The van der Waals surface area contributed by atoms with Gasteiger partial charge in [0.05, 0.1) is 18.2 Å². The number of hydrogen-bond acceptors (Lipinski definition) is 5. The zero-order chi connectivity index (χ0) is 16.1. The Morgan fingerprint density at radius 3 is 2.70 bits per heavy atom. The lowest BCUT2D eigenvalue weighted by atomic mass is 10.1. The van der Waals surface area contributed by atoms with Gasteiger partial charge in [0, 0.05) is 5.56 Å². The van der Waals surface area contributed by atoms with E-state index in [9.17, 15) is 4.79 Å². The lowest BCUT2D eigenvalue weighted by molar-refractivity contribution is 0.0598. The van der Waals surface area contributed by atoms with E-state index in [1.54, 1.807) is 12.1 Å². The van der Waals surface area contributed by atoms with Crippen LogP contribution >= 0.6 is 0 Å². The first kappa shape index (κ1) is 14.8. The number of esters is 1. The zero-order valence-corrected chi connectivity index (χ0v) is 12.5. The van der Waals surface area contributed by atoms with Gasteiger partial charge in [-0.1, -0.05) is 30.3 Å². The van der Waals surface area contributed by atoms with Gasteiger partial charge in [-0.2, -0.15) is 5.10 Å². The molecule has 116 valence electrons. The van der Waals surface area contributed by atoms with Crippen molar-refractivity contribution in [1.29, 1.82) is 0 Å². The standard InChI is InChI=1S/C17H15N3O3/c1-22-17(21)13-7-3-2-6-12(13)10-23-15-9-5-4-8-14(15)16-18-11-19-20-16/h2-9,11H,10H2,1H3,(H,18,19,20). The SMILES string of the molecule is COC(=O)c1ccccc1COc1ccccc1-c1ncn[nH]1. The molecule has 0 spiro atoms. The fraction of sp³-hybridized carbons (Fsp3) is 0.118. The molecule has 1 heterocycles. The summed E-state index contributed by atoms with van der Waals surface area (Å²) in [6.07, 6.45) is 1.44. The van der Waals surface area contributed by atoms with Gasteiger partial charge in [-0.15, -0.1) is 0 Å². The first-order chi connectivity index (χ1) is 11.3. The summed E-state index contributed by atoms with van der Waals surface area (Å²) in [4.78, 5) is 15.9. The van der Waals surface area contributed by atoms with Crippen LogP contribution in [0.2, 0.25) is 0 Å². The van der Waals surface area contributed by atoms with Crippen LogP contribution < -0.4 is 4.74 Å². The van der Waals surface area contributed by atoms with Gasteiger partial charge in [0.1, 0.15) is 18.7 Å². The molecule has 1 N–H and O–H groups in total. The van der Waals surface area contributed by atoms with Crippen molar-refractivity contribution in [1.82, 2.24) is 15.2 Å². The molecule has 0 saturated heterocycles. The fourth-order valence-electron chi connectivity index (χ4n) is 2.23. The molecule has 0 amide bonds. The molecule has 2 aromatic carbocycles. The maximum atomic E-state index is 11.8. The Morgan fingerprint density at radius 1 is 1.13 bits per heavy atom. The van der Waals surface area contributed by atoms with Gasteiger partial charge in [0.25, 0.3) is 0 Å². The second-order valence-electron chi connectivity index (χ2n) is 4.77. The Labute approximate surface area is 133 Å². The average Bonchev–Trinajstić information content (AvgIpc) is 3.14. The monoisotopic (exact) mass is 309 g/mol. The van der Waals surface area contributed by atoms with Gasteiger partial charge >= 0.3 is 5.97 Å². The topological polar surface area (TPSA) is 77.1 Å². The van der Waals surface area contributed by atoms with Crippen molar-refractivity contribution >= 4 is 5.97 Å². The maximum absolute atomic E-state index is 11.8. The molecule has 1 aromatic heterocycles. The van der Waals surface area contributed by atoms with Gasteiger partial charge in [0.2, 0.25) is 0 Å². The van der Waals surface area contributed by atoms with Crippen LogP contribution in [0.1, 0.15) is 15.9 Å². The summed E-state index contributed by atoms with van der Waals surface area (Å²) in [5.74, 6) is 0.901. The number of aromatic amines is 1. The normalized spacial score (nSPS) is 10.3. The molecule has 3 rings (SSSR count). The minimum absolute atomic E-state index is 0.246. The zero-order valence-electron chi connectivity index (χ0n) is 12.5. The van der Waals surface area contributed by atoms with Crippen molar-refractivity contribution in [3.63, 3.8) is 0 Å². The molecule has 0 fully saturated rings. The third-order valence-electron chi connectivity index (χ3n) is 3.36. The number of carbonyl (C=O) groups is 1. The summed E-state index contributed by atoms with van der Waals surface area (Å²) in [6.45, 7) is 0.246. The number of nitrogens with zero attached hydrogens (tertiary/aromatic N) is 2. The first-order valence-electron chi connectivity index (χ1n) is 7.03. The maximum Gasteiger partial charge on any atom is 0.338 e. The minimum atomic E-state index is -0.382. The summed E-state index contributed by atoms with van der Waals surface area (Å²) < 4.78 is 10.7. The van der Waals surface area contributed by atoms with E-state index >= 15 is 0 Å². The van der Waals surface area contributed by atoms with Crippen LogP contribution in [0.15, 0.2) is 54.9 Å². The molecule has 23 heavy (non-hydrogen) atoms. The molecule has 0 aliphatic carbocycles. The molecule has 0 aliphatic heterocycles. The van der Waals surface area contributed by atoms with Crippen LogP contribution in [-0.2, 0) is 11.3 Å². The van der Waals surface area contributed by atoms with Crippen molar-refractivity contribution in [3.8, 4) is 17.1 Å². The fourth-order valence-corrected chi connectivity index (χ4v) is 2.23. The summed E-state index contributed by atoms with van der Waals surface area (Å²) in [5.41, 5.74) is 2.06.